The van der Waals surface area contributed by atoms with Gasteiger partial charge in [-0.25, -0.2) is 9.97 Å². The van der Waals surface area contributed by atoms with Gasteiger partial charge in [-0.1, -0.05) is 44.7 Å². The molecule has 1 heterocycles. The van der Waals surface area contributed by atoms with Crippen molar-refractivity contribution in [1.29, 1.82) is 0 Å². The zero-order valence-corrected chi connectivity index (χ0v) is 13.7. The normalized spacial score (nSPS) is 11.4. The molecule has 0 bridgehead atoms. The van der Waals surface area contributed by atoms with Crippen LogP contribution in [0.2, 0.25) is 0 Å². The van der Waals surface area contributed by atoms with E-state index in [-0.39, 0.29) is 5.41 Å². The molecule has 0 atom stereocenters. The number of thioether (sulfide) groups is 1. The molecule has 0 aliphatic carbocycles. The topological polar surface area (TPSA) is 35.0 Å². The summed E-state index contributed by atoms with van der Waals surface area (Å²) in [4.78, 5) is 8.36. The number of aromatic nitrogens is 2. The summed E-state index contributed by atoms with van der Waals surface area (Å²) in [6.07, 6.45) is 4.51. The average molecular weight is 302 g/mol. The molecule has 0 fully saturated rings. The molecule has 4 heteroatoms. The maximum absolute atomic E-state index is 5.76. The summed E-state index contributed by atoms with van der Waals surface area (Å²) >= 11 is 1.66. The maximum Gasteiger partial charge on any atom is 0.187 e. The highest BCUT2D eigenvalue weighted by molar-refractivity contribution is 7.99. The van der Waals surface area contributed by atoms with Crippen LogP contribution in [0.15, 0.2) is 47.9 Å². The van der Waals surface area contributed by atoms with Gasteiger partial charge in [-0.15, -0.1) is 0 Å². The summed E-state index contributed by atoms with van der Waals surface area (Å²) in [5, 5.41) is 0.826. The molecule has 0 spiro atoms. The van der Waals surface area contributed by atoms with Crippen LogP contribution >= 0.6 is 11.8 Å². The molecule has 1 aromatic carbocycles. The van der Waals surface area contributed by atoms with Gasteiger partial charge in [0.15, 0.2) is 5.16 Å². The van der Waals surface area contributed by atoms with Gasteiger partial charge >= 0.3 is 0 Å². The van der Waals surface area contributed by atoms with Crippen LogP contribution in [0.1, 0.15) is 32.8 Å². The van der Waals surface area contributed by atoms with E-state index < -0.39 is 0 Å². The molecule has 0 amide bonds. The van der Waals surface area contributed by atoms with E-state index in [4.69, 9.17) is 4.74 Å². The zero-order chi connectivity index (χ0) is 15.1. The van der Waals surface area contributed by atoms with Gasteiger partial charge in [-0.3, -0.25) is 0 Å². The lowest BCUT2D eigenvalue weighted by Crippen LogP contribution is -2.10. The van der Waals surface area contributed by atoms with Crippen LogP contribution in [0.5, 0.6) is 5.75 Å². The second kappa shape index (κ2) is 7.46. The Hall–Kier alpha value is -1.55. The molecular weight excluding hydrogens is 280 g/mol. The Kier molecular flexibility index (Phi) is 5.62. The molecule has 0 unspecified atom stereocenters. The summed E-state index contributed by atoms with van der Waals surface area (Å²) in [5.41, 5.74) is 1.51. The molecule has 2 aromatic rings. The number of hydrogen-bond donors (Lipinski definition) is 0. The lowest BCUT2D eigenvalue weighted by Gasteiger charge is -2.19. The van der Waals surface area contributed by atoms with Crippen molar-refractivity contribution < 1.29 is 4.74 Å². The minimum absolute atomic E-state index is 0.185. The van der Waals surface area contributed by atoms with Crippen molar-refractivity contribution in [2.75, 3.05) is 12.4 Å². The zero-order valence-electron chi connectivity index (χ0n) is 12.9. The number of rotatable bonds is 6. The summed E-state index contributed by atoms with van der Waals surface area (Å²) in [5.74, 6) is 1.90. The highest BCUT2D eigenvalue weighted by Gasteiger charge is 2.12. The number of ether oxygens (including phenoxy) is 1. The Bertz CT molecular complexity index is 535. The predicted octanol–water partition coefficient (Wildman–Crippen LogP) is 4.34. The van der Waals surface area contributed by atoms with Crippen molar-refractivity contribution in [2.45, 2.75) is 37.8 Å². The van der Waals surface area contributed by atoms with Crippen LogP contribution in [-0.2, 0) is 5.41 Å². The molecule has 0 saturated heterocycles. The van der Waals surface area contributed by atoms with Crippen LogP contribution < -0.4 is 4.74 Å². The molecule has 0 aliphatic rings. The first-order valence-corrected chi connectivity index (χ1v) is 8.17. The summed E-state index contributed by atoms with van der Waals surface area (Å²) < 4.78 is 5.76. The standard InChI is InChI=1S/C17H22N2OS/c1-17(2,3)14-6-8-15(9-7-14)20-12-5-13-21-16-18-10-4-11-19-16/h4,6-11H,5,12-13H2,1-3H3. The number of hydrogen-bond acceptors (Lipinski definition) is 4. The fourth-order valence-electron chi connectivity index (χ4n) is 1.82. The first kappa shape index (κ1) is 15.8. The van der Waals surface area contributed by atoms with Crippen LogP contribution in [0.3, 0.4) is 0 Å². The molecule has 0 aliphatic heterocycles. The van der Waals surface area contributed by atoms with Gasteiger partial charge in [0.1, 0.15) is 5.75 Å². The van der Waals surface area contributed by atoms with Gasteiger partial charge in [0.2, 0.25) is 0 Å². The summed E-state index contributed by atoms with van der Waals surface area (Å²) in [6.45, 7) is 7.36. The van der Waals surface area contributed by atoms with Gasteiger partial charge in [0.05, 0.1) is 6.61 Å². The minimum Gasteiger partial charge on any atom is -0.494 e. The van der Waals surface area contributed by atoms with Crippen molar-refractivity contribution >= 4 is 11.8 Å². The number of nitrogens with zero attached hydrogens (tertiary/aromatic N) is 2. The van der Waals surface area contributed by atoms with Crippen molar-refractivity contribution in [1.82, 2.24) is 9.97 Å². The molecule has 1 aromatic heterocycles. The third-order valence-electron chi connectivity index (χ3n) is 3.05. The minimum atomic E-state index is 0.185. The van der Waals surface area contributed by atoms with E-state index in [9.17, 15) is 0 Å². The molecule has 0 radical (unpaired) electrons. The van der Waals surface area contributed by atoms with Crippen molar-refractivity contribution in [3.8, 4) is 5.75 Å². The van der Waals surface area contributed by atoms with Crippen LogP contribution in [0, 0.1) is 0 Å². The molecule has 2 rings (SSSR count). The van der Waals surface area contributed by atoms with E-state index in [0.29, 0.717) is 6.61 Å². The Morgan fingerprint density at radius 1 is 1.05 bits per heavy atom. The van der Waals surface area contributed by atoms with Crippen LogP contribution in [0.25, 0.3) is 0 Å². The van der Waals surface area contributed by atoms with Gasteiger partial charge in [-0.2, -0.15) is 0 Å². The van der Waals surface area contributed by atoms with Gasteiger partial charge in [0, 0.05) is 18.1 Å². The van der Waals surface area contributed by atoms with E-state index in [2.05, 4.69) is 42.9 Å². The van der Waals surface area contributed by atoms with Crippen LogP contribution in [-0.4, -0.2) is 22.3 Å². The van der Waals surface area contributed by atoms with E-state index >= 15 is 0 Å². The van der Waals surface area contributed by atoms with Crippen LogP contribution in [0.4, 0.5) is 0 Å². The Labute approximate surface area is 131 Å². The molecule has 0 N–H and O–H groups in total. The Morgan fingerprint density at radius 3 is 2.33 bits per heavy atom. The Balaban J connectivity index is 1.69. The van der Waals surface area contributed by atoms with E-state index in [1.54, 1.807) is 24.2 Å². The number of benzene rings is 1. The lowest BCUT2D eigenvalue weighted by atomic mass is 9.87. The molecule has 21 heavy (non-hydrogen) atoms. The van der Waals surface area contributed by atoms with Crippen molar-refractivity contribution in [2.24, 2.45) is 0 Å². The van der Waals surface area contributed by atoms with E-state index in [1.165, 1.54) is 5.56 Å². The van der Waals surface area contributed by atoms with Crippen molar-refractivity contribution in [3.63, 3.8) is 0 Å². The first-order chi connectivity index (χ1) is 10.1. The summed E-state index contributed by atoms with van der Waals surface area (Å²) in [6, 6.07) is 10.2. The quantitative estimate of drug-likeness (QED) is 0.452. The average Bonchev–Trinajstić information content (AvgIpc) is 2.47. The van der Waals surface area contributed by atoms with E-state index in [0.717, 1.165) is 23.1 Å². The molecular formula is C17H22N2OS. The first-order valence-electron chi connectivity index (χ1n) is 7.19. The van der Waals surface area contributed by atoms with Gasteiger partial charge in [0.25, 0.3) is 0 Å². The van der Waals surface area contributed by atoms with E-state index in [1.807, 2.05) is 18.2 Å². The highest BCUT2D eigenvalue weighted by Crippen LogP contribution is 2.24. The molecule has 3 nitrogen and oxygen atoms in total. The SMILES string of the molecule is CC(C)(C)c1ccc(OCCCSc2ncccn2)cc1. The second-order valence-corrected chi connectivity index (χ2v) is 6.92. The molecule has 112 valence electrons. The van der Waals surface area contributed by atoms with Gasteiger partial charge in [-0.05, 0) is 35.6 Å². The third-order valence-corrected chi connectivity index (χ3v) is 4.01. The van der Waals surface area contributed by atoms with Gasteiger partial charge < -0.3 is 4.74 Å². The largest absolute Gasteiger partial charge is 0.494 e. The summed E-state index contributed by atoms with van der Waals surface area (Å²) in [7, 11) is 0. The fourth-order valence-corrected chi connectivity index (χ4v) is 2.54. The Morgan fingerprint density at radius 2 is 1.71 bits per heavy atom. The lowest BCUT2D eigenvalue weighted by molar-refractivity contribution is 0.318. The predicted molar refractivity (Wildman–Crippen MR) is 88.0 cm³/mol. The smallest absolute Gasteiger partial charge is 0.187 e. The monoisotopic (exact) mass is 302 g/mol. The van der Waals surface area contributed by atoms with Crippen molar-refractivity contribution in [3.05, 3.63) is 48.3 Å². The third kappa shape index (κ3) is 5.38. The fraction of sp³-hybridized carbons (Fsp3) is 0.412. The molecule has 0 saturated carbocycles. The maximum atomic E-state index is 5.76. The highest BCUT2D eigenvalue weighted by atomic mass is 32.2. The second-order valence-electron chi connectivity index (χ2n) is 5.86.